The first-order valence-electron chi connectivity index (χ1n) is 6.88. The molecule has 0 aliphatic carbocycles. The van der Waals surface area contributed by atoms with Gasteiger partial charge in [0, 0.05) is 24.5 Å². The highest BCUT2D eigenvalue weighted by atomic mass is 16.1. The topological polar surface area (TPSA) is 65.7 Å². The number of H-pyrrole nitrogens is 2. The van der Waals surface area contributed by atoms with Crippen molar-refractivity contribution in [1.82, 2.24) is 9.97 Å². The van der Waals surface area contributed by atoms with E-state index in [0.717, 1.165) is 11.1 Å². The summed E-state index contributed by atoms with van der Waals surface area (Å²) in [5.74, 6) is 0. The van der Waals surface area contributed by atoms with Crippen LogP contribution in [0.3, 0.4) is 0 Å². The summed E-state index contributed by atoms with van der Waals surface area (Å²) in [6.07, 6.45) is 3.27. The smallest absolute Gasteiger partial charge is 0.248 e. The Morgan fingerprint density at radius 1 is 0.700 bits per heavy atom. The second-order valence-corrected chi connectivity index (χ2v) is 3.46. The molecule has 0 atom stereocenters. The molecule has 0 fully saturated rings. The molecular formula is C16H26N2O2. The Balaban J connectivity index is 0. The second kappa shape index (κ2) is 13.3. The lowest BCUT2D eigenvalue weighted by Gasteiger charge is -1.83. The number of nitrogens with one attached hydrogen (secondary N) is 2. The summed E-state index contributed by atoms with van der Waals surface area (Å²) in [6, 6.07) is 6.81. The molecule has 0 unspecified atom stereocenters. The number of aromatic nitrogens is 2. The molecule has 2 N–H and O–H groups in total. The van der Waals surface area contributed by atoms with Crippen LogP contribution in [0.1, 0.15) is 38.8 Å². The van der Waals surface area contributed by atoms with Gasteiger partial charge in [0.15, 0.2) is 0 Å². The monoisotopic (exact) mass is 278 g/mol. The van der Waals surface area contributed by atoms with Crippen LogP contribution in [0.25, 0.3) is 0 Å². The number of rotatable bonds is 0. The van der Waals surface area contributed by atoms with Crippen molar-refractivity contribution in [2.24, 2.45) is 0 Å². The lowest BCUT2D eigenvalue weighted by Crippen LogP contribution is -2.01. The minimum atomic E-state index is -0.0370. The summed E-state index contributed by atoms with van der Waals surface area (Å²) in [6.45, 7) is 11.8. The zero-order valence-electron chi connectivity index (χ0n) is 13.3. The lowest BCUT2D eigenvalue weighted by atomic mass is 10.3. The Morgan fingerprint density at radius 2 is 1.00 bits per heavy atom. The van der Waals surface area contributed by atoms with E-state index in [1.54, 1.807) is 24.5 Å². The second-order valence-electron chi connectivity index (χ2n) is 3.46. The van der Waals surface area contributed by atoms with Crippen LogP contribution in [-0.4, -0.2) is 9.97 Å². The average molecular weight is 278 g/mol. The highest BCUT2D eigenvalue weighted by Gasteiger charge is 1.80. The molecule has 0 amide bonds. The molecule has 2 rings (SSSR count). The maximum atomic E-state index is 10.4. The molecule has 0 radical (unpaired) electrons. The van der Waals surface area contributed by atoms with E-state index in [1.807, 2.05) is 53.7 Å². The molecular weight excluding hydrogens is 252 g/mol. The third kappa shape index (κ3) is 11.0. The number of hydrogen-bond acceptors (Lipinski definition) is 2. The van der Waals surface area contributed by atoms with Gasteiger partial charge in [-0.25, -0.2) is 0 Å². The van der Waals surface area contributed by atoms with Crippen molar-refractivity contribution in [1.29, 1.82) is 0 Å². The van der Waals surface area contributed by atoms with E-state index < -0.39 is 0 Å². The van der Waals surface area contributed by atoms with Crippen molar-refractivity contribution in [2.75, 3.05) is 0 Å². The molecule has 0 bridgehead atoms. The summed E-state index contributed by atoms with van der Waals surface area (Å²) < 4.78 is 0. The van der Waals surface area contributed by atoms with Crippen LogP contribution < -0.4 is 11.1 Å². The Kier molecular flexibility index (Phi) is 13.5. The fourth-order valence-electron chi connectivity index (χ4n) is 1.10. The molecule has 0 saturated carbocycles. The number of aryl methyl sites for hydroxylation is 2. The van der Waals surface area contributed by atoms with Crippen LogP contribution in [0.15, 0.2) is 46.2 Å². The molecule has 0 saturated heterocycles. The Hall–Kier alpha value is -2.10. The third-order valence-electron chi connectivity index (χ3n) is 1.86. The molecule has 2 aromatic heterocycles. The van der Waals surface area contributed by atoms with Crippen LogP contribution in [-0.2, 0) is 0 Å². The first kappa shape index (κ1) is 20.2. The number of pyridine rings is 2. The molecule has 112 valence electrons. The van der Waals surface area contributed by atoms with E-state index in [4.69, 9.17) is 0 Å². The van der Waals surface area contributed by atoms with E-state index in [-0.39, 0.29) is 11.1 Å². The molecule has 2 heterocycles. The Bertz CT molecular complexity index is 505. The summed E-state index contributed by atoms with van der Waals surface area (Å²) in [5, 5.41) is 0. The van der Waals surface area contributed by atoms with Crippen molar-refractivity contribution < 1.29 is 0 Å². The first-order valence-corrected chi connectivity index (χ1v) is 6.88. The minimum absolute atomic E-state index is 0.0370. The standard InChI is InChI=1S/2C6H7NO.2C2H6/c2*1-5-2-3-7-6(8)4-5;2*1-2/h2*2-4H,1H3,(H,7,8);2*1-2H3. The fraction of sp³-hybridized carbons (Fsp3) is 0.375. The first-order chi connectivity index (χ1) is 9.58. The van der Waals surface area contributed by atoms with Gasteiger partial charge in [0.2, 0.25) is 11.1 Å². The summed E-state index contributed by atoms with van der Waals surface area (Å²) in [7, 11) is 0. The van der Waals surface area contributed by atoms with Crippen molar-refractivity contribution in [3.63, 3.8) is 0 Å². The lowest BCUT2D eigenvalue weighted by molar-refractivity contribution is 1.21. The van der Waals surface area contributed by atoms with E-state index >= 15 is 0 Å². The van der Waals surface area contributed by atoms with Crippen LogP contribution in [0.5, 0.6) is 0 Å². The van der Waals surface area contributed by atoms with Crippen molar-refractivity contribution in [3.8, 4) is 0 Å². The van der Waals surface area contributed by atoms with Crippen molar-refractivity contribution in [2.45, 2.75) is 41.5 Å². The zero-order valence-corrected chi connectivity index (χ0v) is 13.3. The van der Waals surface area contributed by atoms with Crippen molar-refractivity contribution >= 4 is 0 Å². The van der Waals surface area contributed by atoms with Gasteiger partial charge < -0.3 is 9.97 Å². The van der Waals surface area contributed by atoms with Gasteiger partial charge in [-0.05, 0) is 37.1 Å². The van der Waals surface area contributed by atoms with Crippen LogP contribution >= 0.6 is 0 Å². The van der Waals surface area contributed by atoms with Gasteiger partial charge in [0.1, 0.15) is 0 Å². The SMILES string of the molecule is CC.CC.Cc1cc[nH]c(=O)c1.Cc1cc[nH]c(=O)c1. The maximum Gasteiger partial charge on any atom is 0.248 e. The zero-order chi connectivity index (χ0) is 16.0. The molecule has 0 spiro atoms. The van der Waals surface area contributed by atoms with Crippen LogP contribution in [0.2, 0.25) is 0 Å². The van der Waals surface area contributed by atoms with E-state index in [0.29, 0.717) is 0 Å². The summed E-state index contributed by atoms with van der Waals surface area (Å²) in [4.78, 5) is 25.9. The molecule has 4 nitrogen and oxygen atoms in total. The van der Waals surface area contributed by atoms with Gasteiger partial charge >= 0.3 is 0 Å². The third-order valence-corrected chi connectivity index (χ3v) is 1.86. The largest absolute Gasteiger partial charge is 0.329 e. The quantitative estimate of drug-likeness (QED) is 0.775. The average Bonchev–Trinajstić information content (AvgIpc) is 2.43. The Labute approximate surface area is 120 Å². The predicted molar refractivity (Wildman–Crippen MR) is 86.3 cm³/mol. The number of aromatic amines is 2. The van der Waals surface area contributed by atoms with Gasteiger partial charge in [0.25, 0.3) is 0 Å². The van der Waals surface area contributed by atoms with E-state index in [9.17, 15) is 9.59 Å². The van der Waals surface area contributed by atoms with Gasteiger partial charge in [-0.2, -0.15) is 0 Å². The summed E-state index contributed by atoms with van der Waals surface area (Å²) in [5.41, 5.74) is 1.91. The minimum Gasteiger partial charge on any atom is -0.329 e. The normalized spacial score (nSPS) is 7.90. The highest BCUT2D eigenvalue weighted by Crippen LogP contribution is 1.85. The van der Waals surface area contributed by atoms with Gasteiger partial charge in [0.05, 0.1) is 0 Å². The van der Waals surface area contributed by atoms with Gasteiger partial charge in [-0.15, -0.1) is 0 Å². The van der Waals surface area contributed by atoms with E-state index in [2.05, 4.69) is 9.97 Å². The van der Waals surface area contributed by atoms with Gasteiger partial charge in [-0.1, -0.05) is 27.7 Å². The molecule has 4 heteroatoms. The Morgan fingerprint density at radius 3 is 1.15 bits per heavy atom. The molecule has 0 aliphatic rings. The van der Waals surface area contributed by atoms with Crippen LogP contribution in [0, 0.1) is 13.8 Å². The maximum absolute atomic E-state index is 10.4. The highest BCUT2D eigenvalue weighted by molar-refractivity contribution is 5.06. The summed E-state index contributed by atoms with van der Waals surface area (Å²) >= 11 is 0. The molecule has 0 aliphatic heterocycles. The molecule has 0 aromatic carbocycles. The van der Waals surface area contributed by atoms with Gasteiger partial charge in [-0.3, -0.25) is 9.59 Å². The molecule has 2 aromatic rings. The van der Waals surface area contributed by atoms with E-state index in [1.165, 1.54) is 0 Å². The van der Waals surface area contributed by atoms with Crippen molar-refractivity contribution in [3.05, 3.63) is 68.5 Å². The number of hydrogen-bond donors (Lipinski definition) is 2. The fourth-order valence-corrected chi connectivity index (χ4v) is 1.10. The molecule has 20 heavy (non-hydrogen) atoms. The predicted octanol–water partition coefficient (Wildman–Crippen LogP) is 3.42. The van der Waals surface area contributed by atoms with Crippen LogP contribution in [0.4, 0.5) is 0 Å².